The van der Waals surface area contributed by atoms with Crippen molar-refractivity contribution in [2.45, 2.75) is 57.7 Å². The van der Waals surface area contributed by atoms with Crippen molar-refractivity contribution in [1.29, 1.82) is 0 Å². The molecule has 1 aliphatic rings. The monoisotopic (exact) mass is 487 g/mol. The fourth-order valence-corrected chi connectivity index (χ4v) is 5.00. The highest BCUT2D eigenvalue weighted by Crippen LogP contribution is 2.40. The van der Waals surface area contributed by atoms with E-state index in [1.165, 1.54) is 25.3 Å². The number of carbonyl (C=O) groups excluding carboxylic acids is 2. The van der Waals surface area contributed by atoms with Crippen molar-refractivity contribution in [2.75, 3.05) is 7.11 Å². The molecule has 35 heavy (non-hydrogen) atoms. The molecule has 0 spiro atoms. The zero-order chi connectivity index (χ0) is 25.1. The van der Waals surface area contributed by atoms with Gasteiger partial charge in [-0.3, -0.25) is 4.79 Å². The summed E-state index contributed by atoms with van der Waals surface area (Å²) in [5.41, 5.74) is 2.93. The molecule has 1 aliphatic carbocycles. The summed E-state index contributed by atoms with van der Waals surface area (Å²) in [5.74, 6) is -1.92. The Morgan fingerprint density at radius 1 is 1.03 bits per heavy atom. The Bertz CT molecular complexity index is 1250. The summed E-state index contributed by atoms with van der Waals surface area (Å²) in [6.45, 7) is 1.94. The van der Waals surface area contributed by atoms with Crippen molar-refractivity contribution in [2.24, 2.45) is 0 Å². The van der Waals surface area contributed by atoms with Crippen molar-refractivity contribution in [3.8, 4) is 0 Å². The van der Waals surface area contributed by atoms with Gasteiger partial charge in [0.1, 0.15) is 24.0 Å². The summed E-state index contributed by atoms with van der Waals surface area (Å²) in [7, 11) is 1.34. The molecule has 0 saturated heterocycles. The number of nitrogens with zero attached hydrogens (tertiary/aromatic N) is 1. The van der Waals surface area contributed by atoms with Crippen LogP contribution < -0.4 is 10.6 Å². The number of aromatic nitrogens is 1. The third-order valence-electron chi connectivity index (χ3n) is 6.77. The van der Waals surface area contributed by atoms with E-state index < -0.39 is 17.7 Å². The number of hydrogen-bond donors (Lipinski definition) is 2. The molecule has 0 unspecified atom stereocenters. The number of esters is 1. The number of urea groups is 1. The van der Waals surface area contributed by atoms with Crippen LogP contribution in [0.25, 0.3) is 10.9 Å². The minimum Gasteiger partial charge on any atom is -0.468 e. The maximum absolute atomic E-state index is 14.1. The summed E-state index contributed by atoms with van der Waals surface area (Å²) in [4.78, 5) is 24.3. The Hall–Kier alpha value is -3.49. The molecule has 6 nitrogen and oxygen atoms in total. The fourth-order valence-electron chi connectivity index (χ4n) is 5.00. The van der Waals surface area contributed by atoms with Gasteiger partial charge in [0.2, 0.25) is 0 Å². The SMILES string of the molecule is COC(=O)Cn1c(C)c(C2CCC(NC(=O)NCc3ccc(F)cc3F)CC2)c2cc(F)ccc21. The van der Waals surface area contributed by atoms with Crippen LogP contribution in [0.1, 0.15) is 48.4 Å². The molecule has 0 radical (unpaired) electrons. The summed E-state index contributed by atoms with van der Waals surface area (Å²) in [6.07, 6.45) is 3.02. The molecule has 4 rings (SSSR count). The largest absolute Gasteiger partial charge is 0.468 e. The molecule has 0 aliphatic heterocycles. The highest BCUT2D eigenvalue weighted by atomic mass is 19.1. The van der Waals surface area contributed by atoms with Crippen LogP contribution in [0.15, 0.2) is 36.4 Å². The van der Waals surface area contributed by atoms with E-state index in [1.54, 1.807) is 6.07 Å². The number of carbonyl (C=O) groups is 2. The fraction of sp³-hybridized carbons (Fsp3) is 0.385. The van der Waals surface area contributed by atoms with Gasteiger partial charge in [-0.25, -0.2) is 18.0 Å². The predicted molar refractivity (Wildman–Crippen MR) is 125 cm³/mol. The van der Waals surface area contributed by atoms with Crippen LogP contribution in [0, 0.1) is 24.4 Å². The maximum Gasteiger partial charge on any atom is 0.325 e. The van der Waals surface area contributed by atoms with E-state index in [4.69, 9.17) is 4.74 Å². The van der Waals surface area contributed by atoms with E-state index in [0.29, 0.717) is 0 Å². The summed E-state index contributed by atoms with van der Waals surface area (Å²) in [5, 5.41) is 6.33. The van der Waals surface area contributed by atoms with Gasteiger partial charge in [-0.1, -0.05) is 6.07 Å². The second-order valence-corrected chi connectivity index (χ2v) is 8.93. The first kappa shape index (κ1) is 24.6. The van der Waals surface area contributed by atoms with Crippen LogP contribution >= 0.6 is 0 Å². The Balaban J connectivity index is 1.40. The first-order valence-electron chi connectivity index (χ1n) is 11.6. The topological polar surface area (TPSA) is 72.4 Å². The molecule has 2 amide bonds. The van der Waals surface area contributed by atoms with E-state index in [-0.39, 0.29) is 42.4 Å². The molecule has 0 atom stereocenters. The Labute approximate surface area is 201 Å². The second kappa shape index (κ2) is 10.4. The molecular formula is C26H28F3N3O3. The van der Waals surface area contributed by atoms with Crippen LogP contribution in [0.5, 0.6) is 0 Å². The van der Waals surface area contributed by atoms with Crippen LogP contribution in [0.2, 0.25) is 0 Å². The van der Waals surface area contributed by atoms with Crippen LogP contribution in [0.4, 0.5) is 18.0 Å². The zero-order valence-electron chi connectivity index (χ0n) is 19.7. The average molecular weight is 488 g/mol. The molecule has 3 aromatic rings. The minimum atomic E-state index is -0.705. The molecule has 1 aromatic heterocycles. The smallest absolute Gasteiger partial charge is 0.325 e. The van der Waals surface area contributed by atoms with Crippen molar-refractivity contribution >= 4 is 22.9 Å². The molecule has 2 N–H and O–H groups in total. The average Bonchev–Trinajstić information content (AvgIpc) is 3.09. The number of hydrogen-bond acceptors (Lipinski definition) is 3. The van der Waals surface area contributed by atoms with E-state index in [9.17, 15) is 22.8 Å². The zero-order valence-corrected chi connectivity index (χ0v) is 19.7. The van der Waals surface area contributed by atoms with E-state index in [0.717, 1.165) is 60.0 Å². The van der Waals surface area contributed by atoms with Gasteiger partial charge in [-0.15, -0.1) is 0 Å². The Kier molecular flexibility index (Phi) is 7.33. The lowest BCUT2D eigenvalue weighted by atomic mass is 9.80. The van der Waals surface area contributed by atoms with E-state index in [1.807, 2.05) is 11.5 Å². The molecule has 2 aromatic carbocycles. The quantitative estimate of drug-likeness (QED) is 0.477. The normalized spacial score (nSPS) is 17.9. The number of halogens is 3. The molecule has 1 heterocycles. The number of methoxy groups -OCH3 is 1. The van der Waals surface area contributed by atoms with Gasteiger partial charge in [0, 0.05) is 40.8 Å². The van der Waals surface area contributed by atoms with Crippen LogP contribution in [-0.2, 0) is 22.6 Å². The van der Waals surface area contributed by atoms with Crippen molar-refractivity contribution in [3.63, 3.8) is 0 Å². The van der Waals surface area contributed by atoms with Gasteiger partial charge in [0.25, 0.3) is 0 Å². The summed E-state index contributed by atoms with van der Waals surface area (Å²) < 4.78 is 47.6. The first-order chi connectivity index (χ1) is 16.8. The third kappa shape index (κ3) is 5.44. The van der Waals surface area contributed by atoms with E-state index >= 15 is 0 Å². The van der Waals surface area contributed by atoms with Gasteiger partial charge >= 0.3 is 12.0 Å². The van der Waals surface area contributed by atoms with Crippen molar-refractivity contribution in [1.82, 2.24) is 15.2 Å². The molecule has 0 bridgehead atoms. The number of fused-ring (bicyclic) bond motifs is 1. The molecule has 1 fully saturated rings. The minimum absolute atomic E-state index is 0.0439. The number of amides is 2. The highest BCUT2D eigenvalue weighted by molar-refractivity contribution is 5.87. The maximum atomic E-state index is 14.1. The predicted octanol–water partition coefficient (Wildman–Crippen LogP) is 5.07. The van der Waals surface area contributed by atoms with E-state index in [2.05, 4.69) is 10.6 Å². The third-order valence-corrected chi connectivity index (χ3v) is 6.77. The standard InChI is InChI=1S/C26H28F3N3O3/c1-15-25(21-11-18(27)7-10-23(21)32(15)14-24(33)35-2)16-4-8-20(9-5-16)31-26(34)30-13-17-3-6-19(28)12-22(17)29/h3,6-7,10-12,16,20H,4-5,8-9,13-14H2,1-2H3,(H2,30,31,34). The van der Waals surface area contributed by atoms with Gasteiger partial charge in [0.05, 0.1) is 7.11 Å². The Morgan fingerprint density at radius 2 is 1.71 bits per heavy atom. The molecule has 186 valence electrons. The van der Waals surface area contributed by atoms with Crippen molar-refractivity contribution in [3.05, 3.63) is 70.7 Å². The molecule has 9 heteroatoms. The van der Waals surface area contributed by atoms with Gasteiger partial charge in [-0.05, 0) is 68.4 Å². The van der Waals surface area contributed by atoms with Gasteiger partial charge in [0.15, 0.2) is 0 Å². The summed E-state index contributed by atoms with van der Waals surface area (Å²) >= 11 is 0. The lowest BCUT2D eigenvalue weighted by Gasteiger charge is -2.29. The Morgan fingerprint density at radius 3 is 2.40 bits per heavy atom. The number of benzene rings is 2. The van der Waals surface area contributed by atoms with Gasteiger partial charge < -0.3 is 19.9 Å². The van der Waals surface area contributed by atoms with Gasteiger partial charge in [-0.2, -0.15) is 0 Å². The number of ether oxygens (including phenoxy) is 1. The lowest BCUT2D eigenvalue weighted by molar-refractivity contribution is -0.141. The molecular weight excluding hydrogens is 459 g/mol. The lowest BCUT2D eigenvalue weighted by Crippen LogP contribution is -2.43. The van der Waals surface area contributed by atoms with Crippen LogP contribution in [0.3, 0.4) is 0 Å². The number of nitrogens with one attached hydrogen (secondary N) is 2. The second-order valence-electron chi connectivity index (χ2n) is 8.93. The van der Waals surface area contributed by atoms with Crippen molar-refractivity contribution < 1.29 is 27.5 Å². The van der Waals surface area contributed by atoms with Crippen LogP contribution in [-0.4, -0.2) is 29.7 Å². The number of rotatable bonds is 6. The first-order valence-corrected chi connectivity index (χ1v) is 11.6. The summed E-state index contributed by atoms with van der Waals surface area (Å²) in [6, 6.07) is 7.36. The highest BCUT2D eigenvalue weighted by Gasteiger charge is 2.28. The molecule has 1 saturated carbocycles.